The molecule has 2 nitrogen and oxygen atoms in total. The number of aldehydes is 1. The molecule has 0 amide bonds. The van der Waals surface area contributed by atoms with Gasteiger partial charge in [-0.25, -0.2) is 0 Å². The fourth-order valence-corrected chi connectivity index (χ4v) is 2.58. The van der Waals surface area contributed by atoms with Crippen LogP contribution in [0.5, 0.6) is 0 Å². The average Bonchev–Trinajstić information content (AvgIpc) is 2.58. The van der Waals surface area contributed by atoms with Crippen molar-refractivity contribution in [3.63, 3.8) is 0 Å². The summed E-state index contributed by atoms with van der Waals surface area (Å²) in [5.41, 5.74) is 3.13. The van der Waals surface area contributed by atoms with Crippen LogP contribution in [0.3, 0.4) is 0 Å². The van der Waals surface area contributed by atoms with Gasteiger partial charge in [-0.1, -0.05) is 68.7 Å². The maximum Gasteiger partial charge on any atom is 0.163 e. The van der Waals surface area contributed by atoms with Crippen molar-refractivity contribution >= 4 is 12.1 Å². The average molecular weight is 294 g/mol. The van der Waals surface area contributed by atoms with Gasteiger partial charge in [0.2, 0.25) is 0 Å². The van der Waals surface area contributed by atoms with E-state index in [2.05, 4.69) is 6.92 Å². The predicted molar refractivity (Wildman–Crippen MR) is 90.4 cm³/mol. The predicted octanol–water partition coefficient (Wildman–Crippen LogP) is 5.32. The van der Waals surface area contributed by atoms with Crippen molar-refractivity contribution in [2.24, 2.45) is 0 Å². The van der Waals surface area contributed by atoms with Crippen LogP contribution in [0.4, 0.5) is 0 Å². The Balaban J connectivity index is 2.27. The van der Waals surface area contributed by atoms with E-state index in [1.165, 1.54) is 0 Å². The minimum absolute atomic E-state index is 0.124. The molecular formula is C20H22O2. The van der Waals surface area contributed by atoms with Crippen LogP contribution in [0.2, 0.25) is 0 Å². The quantitative estimate of drug-likeness (QED) is 0.375. The molecule has 0 aromatic heterocycles. The molecule has 0 heterocycles. The van der Waals surface area contributed by atoms with Crippen LogP contribution >= 0.6 is 0 Å². The molecule has 0 spiro atoms. The van der Waals surface area contributed by atoms with Gasteiger partial charge >= 0.3 is 0 Å². The molecule has 114 valence electrons. The molecule has 22 heavy (non-hydrogen) atoms. The van der Waals surface area contributed by atoms with E-state index in [1.54, 1.807) is 12.1 Å². The number of hydrogen-bond donors (Lipinski definition) is 0. The number of unbranched alkanes of at least 4 members (excludes halogenated alkanes) is 3. The molecule has 0 saturated carbocycles. The van der Waals surface area contributed by atoms with Crippen molar-refractivity contribution in [2.75, 3.05) is 0 Å². The molecule has 2 aromatic rings. The van der Waals surface area contributed by atoms with Gasteiger partial charge in [-0.15, -0.1) is 0 Å². The van der Waals surface area contributed by atoms with Crippen LogP contribution in [-0.2, 0) is 0 Å². The van der Waals surface area contributed by atoms with Gasteiger partial charge in [-0.3, -0.25) is 9.59 Å². The van der Waals surface area contributed by atoms with E-state index in [1.807, 2.05) is 36.4 Å². The molecule has 0 aliphatic carbocycles. The monoisotopic (exact) mass is 294 g/mol. The van der Waals surface area contributed by atoms with E-state index in [9.17, 15) is 9.59 Å². The Kier molecular flexibility index (Phi) is 6.08. The van der Waals surface area contributed by atoms with Crippen molar-refractivity contribution in [1.82, 2.24) is 0 Å². The minimum atomic E-state index is 0.124. The van der Waals surface area contributed by atoms with Crippen molar-refractivity contribution < 1.29 is 9.59 Å². The Bertz CT molecular complexity index is 629. The van der Waals surface area contributed by atoms with Crippen molar-refractivity contribution in [2.45, 2.75) is 39.0 Å². The van der Waals surface area contributed by atoms with Crippen LogP contribution in [0, 0.1) is 0 Å². The van der Waals surface area contributed by atoms with Gasteiger partial charge in [0.1, 0.15) is 6.29 Å². The lowest BCUT2D eigenvalue weighted by Crippen LogP contribution is -2.03. The first-order valence-corrected chi connectivity index (χ1v) is 7.94. The highest BCUT2D eigenvalue weighted by Crippen LogP contribution is 2.26. The topological polar surface area (TPSA) is 34.1 Å². The molecule has 0 radical (unpaired) electrons. The van der Waals surface area contributed by atoms with E-state index in [0.29, 0.717) is 17.5 Å². The molecule has 2 aromatic carbocycles. The molecule has 0 unspecified atom stereocenters. The number of rotatable bonds is 8. The van der Waals surface area contributed by atoms with Crippen LogP contribution in [0.25, 0.3) is 11.1 Å². The summed E-state index contributed by atoms with van der Waals surface area (Å²) in [4.78, 5) is 23.6. The van der Waals surface area contributed by atoms with Crippen molar-refractivity contribution in [1.29, 1.82) is 0 Å². The summed E-state index contributed by atoms with van der Waals surface area (Å²) in [6.45, 7) is 2.16. The number of Topliss-reactive ketones (excluding diaryl/α,β-unsaturated/α-hetero) is 1. The van der Waals surface area contributed by atoms with Crippen molar-refractivity contribution in [3.05, 3.63) is 59.7 Å². The van der Waals surface area contributed by atoms with E-state index in [0.717, 1.165) is 43.1 Å². The smallest absolute Gasteiger partial charge is 0.163 e. The molecule has 2 heteroatoms. The zero-order valence-electron chi connectivity index (χ0n) is 13.0. The second kappa shape index (κ2) is 8.28. The third kappa shape index (κ3) is 4.14. The van der Waals surface area contributed by atoms with Crippen LogP contribution in [-0.4, -0.2) is 12.1 Å². The Morgan fingerprint density at radius 2 is 1.77 bits per heavy atom. The highest BCUT2D eigenvalue weighted by molar-refractivity contribution is 6.03. The number of ketones is 1. The van der Waals surface area contributed by atoms with Gasteiger partial charge in [-0.05, 0) is 23.6 Å². The lowest BCUT2D eigenvalue weighted by atomic mass is 9.93. The summed E-state index contributed by atoms with van der Waals surface area (Å²) >= 11 is 0. The van der Waals surface area contributed by atoms with Crippen LogP contribution < -0.4 is 0 Å². The Hall–Kier alpha value is -2.22. The molecule has 2 rings (SSSR count). The van der Waals surface area contributed by atoms with Gasteiger partial charge in [0.15, 0.2) is 5.78 Å². The Morgan fingerprint density at radius 3 is 2.45 bits per heavy atom. The zero-order chi connectivity index (χ0) is 15.8. The highest BCUT2D eigenvalue weighted by atomic mass is 16.1. The van der Waals surface area contributed by atoms with Gasteiger partial charge in [0.05, 0.1) is 0 Å². The Labute approximate surface area is 132 Å². The summed E-state index contributed by atoms with van der Waals surface area (Å²) < 4.78 is 0. The summed E-state index contributed by atoms with van der Waals surface area (Å²) in [7, 11) is 0. The van der Waals surface area contributed by atoms with Gasteiger partial charge in [0, 0.05) is 17.5 Å². The fourth-order valence-electron chi connectivity index (χ4n) is 2.58. The number of carbonyl (C=O) groups excluding carboxylic acids is 2. The van der Waals surface area contributed by atoms with Crippen molar-refractivity contribution in [3.8, 4) is 11.1 Å². The standard InChI is InChI=1S/C20H22O2/c1-2-3-4-8-11-20(22)19-14-16(15-21)12-13-18(19)17-9-6-5-7-10-17/h5-7,9-10,12-15H,2-4,8,11H2,1H3. The summed E-state index contributed by atoms with van der Waals surface area (Å²) in [5, 5.41) is 0. The van der Waals surface area contributed by atoms with E-state index in [-0.39, 0.29) is 5.78 Å². The first-order chi connectivity index (χ1) is 10.8. The second-order valence-corrected chi connectivity index (χ2v) is 5.52. The third-order valence-electron chi connectivity index (χ3n) is 3.82. The third-order valence-corrected chi connectivity index (χ3v) is 3.82. The van der Waals surface area contributed by atoms with Crippen LogP contribution in [0.1, 0.15) is 59.7 Å². The molecule has 0 aliphatic rings. The fraction of sp³-hybridized carbons (Fsp3) is 0.300. The van der Waals surface area contributed by atoms with E-state index >= 15 is 0 Å². The molecule has 0 aliphatic heterocycles. The molecule has 0 atom stereocenters. The van der Waals surface area contributed by atoms with Crippen LogP contribution in [0.15, 0.2) is 48.5 Å². The second-order valence-electron chi connectivity index (χ2n) is 5.52. The van der Waals surface area contributed by atoms with Gasteiger partial charge < -0.3 is 0 Å². The first kappa shape index (κ1) is 16.2. The Morgan fingerprint density at radius 1 is 1.00 bits per heavy atom. The van der Waals surface area contributed by atoms with Gasteiger partial charge in [-0.2, -0.15) is 0 Å². The summed E-state index contributed by atoms with van der Waals surface area (Å²) in [6, 6.07) is 15.2. The summed E-state index contributed by atoms with van der Waals surface area (Å²) in [6.07, 6.45) is 5.64. The lowest BCUT2D eigenvalue weighted by molar-refractivity contribution is 0.0979. The summed E-state index contributed by atoms with van der Waals surface area (Å²) in [5.74, 6) is 0.124. The zero-order valence-corrected chi connectivity index (χ0v) is 13.0. The lowest BCUT2D eigenvalue weighted by Gasteiger charge is -2.10. The minimum Gasteiger partial charge on any atom is -0.298 e. The first-order valence-electron chi connectivity index (χ1n) is 7.94. The largest absolute Gasteiger partial charge is 0.298 e. The number of benzene rings is 2. The number of carbonyl (C=O) groups is 2. The molecule has 0 fully saturated rings. The normalized spacial score (nSPS) is 10.4. The van der Waals surface area contributed by atoms with E-state index in [4.69, 9.17) is 0 Å². The van der Waals surface area contributed by atoms with E-state index < -0.39 is 0 Å². The maximum atomic E-state index is 12.6. The molecule has 0 N–H and O–H groups in total. The number of hydrogen-bond acceptors (Lipinski definition) is 2. The maximum absolute atomic E-state index is 12.6. The molecule has 0 saturated heterocycles. The van der Waals surface area contributed by atoms with Gasteiger partial charge in [0.25, 0.3) is 0 Å². The SMILES string of the molecule is CCCCCCC(=O)c1cc(C=O)ccc1-c1ccccc1. The molecule has 0 bridgehead atoms. The highest BCUT2D eigenvalue weighted by Gasteiger charge is 2.13. The molecular weight excluding hydrogens is 272 g/mol.